The van der Waals surface area contributed by atoms with Crippen molar-refractivity contribution < 1.29 is 14.3 Å². The topological polar surface area (TPSA) is 49.9 Å². The number of hydrogen-bond donors (Lipinski definition) is 0. The molecule has 0 atom stereocenters. The van der Waals surface area contributed by atoms with E-state index in [1.807, 2.05) is 16.1 Å². The van der Waals surface area contributed by atoms with Gasteiger partial charge in [-0.05, 0) is 31.4 Å². The molecule has 0 radical (unpaired) electrons. The summed E-state index contributed by atoms with van der Waals surface area (Å²) in [5.74, 6) is 2.06. The van der Waals surface area contributed by atoms with Gasteiger partial charge in [0.05, 0.1) is 13.2 Å². The molecule has 2 aliphatic heterocycles. The van der Waals surface area contributed by atoms with Crippen LogP contribution in [0.2, 0.25) is 0 Å². The molecule has 2 rings (SSSR count). The molecule has 0 saturated carbocycles. The van der Waals surface area contributed by atoms with E-state index < -0.39 is 0 Å². The van der Waals surface area contributed by atoms with Crippen molar-refractivity contribution in [2.45, 2.75) is 32.1 Å². The van der Waals surface area contributed by atoms with Crippen molar-refractivity contribution in [1.82, 2.24) is 9.80 Å². The van der Waals surface area contributed by atoms with E-state index in [4.69, 9.17) is 4.74 Å². The summed E-state index contributed by atoms with van der Waals surface area (Å²) in [6.45, 7) is 4.54. The number of ether oxygens (including phenoxy) is 1. The number of morpholine rings is 1. The fourth-order valence-electron chi connectivity index (χ4n) is 3.12. The van der Waals surface area contributed by atoms with Gasteiger partial charge in [0, 0.05) is 44.8 Å². The smallest absolute Gasteiger partial charge is 0.223 e. The van der Waals surface area contributed by atoms with E-state index in [0.717, 1.165) is 51.2 Å². The molecular formula is C16H28N2O3S. The summed E-state index contributed by atoms with van der Waals surface area (Å²) >= 11 is 1.72. The summed E-state index contributed by atoms with van der Waals surface area (Å²) in [4.78, 5) is 28.0. The normalized spacial score (nSPS) is 20.2. The van der Waals surface area contributed by atoms with Crippen LogP contribution in [0, 0.1) is 5.92 Å². The molecule has 0 aromatic rings. The monoisotopic (exact) mass is 328 g/mol. The zero-order valence-corrected chi connectivity index (χ0v) is 14.4. The molecule has 0 unspecified atom stereocenters. The highest BCUT2D eigenvalue weighted by atomic mass is 32.2. The minimum absolute atomic E-state index is 0.266. The zero-order chi connectivity index (χ0) is 15.8. The first-order valence-electron chi connectivity index (χ1n) is 8.33. The van der Waals surface area contributed by atoms with Gasteiger partial charge >= 0.3 is 0 Å². The van der Waals surface area contributed by atoms with Crippen LogP contribution < -0.4 is 0 Å². The molecule has 2 saturated heterocycles. The number of thioether (sulfide) groups is 1. The fraction of sp³-hybridized carbons (Fsp3) is 0.875. The quantitative estimate of drug-likeness (QED) is 0.743. The molecule has 2 aliphatic rings. The third-order valence-electron chi connectivity index (χ3n) is 4.62. The summed E-state index contributed by atoms with van der Waals surface area (Å²) in [6, 6.07) is 0. The lowest BCUT2D eigenvalue weighted by Crippen LogP contribution is -2.41. The summed E-state index contributed by atoms with van der Waals surface area (Å²) in [5, 5.41) is 0. The van der Waals surface area contributed by atoms with E-state index in [0.29, 0.717) is 32.0 Å². The first-order valence-corrected chi connectivity index (χ1v) is 9.72. The van der Waals surface area contributed by atoms with Gasteiger partial charge in [-0.1, -0.05) is 0 Å². The maximum Gasteiger partial charge on any atom is 0.223 e. The highest BCUT2D eigenvalue weighted by Gasteiger charge is 2.24. The third kappa shape index (κ3) is 5.47. The van der Waals surface area contributed by atoms with E-state index in [2.05, 4.69) is 0 Å². The van der Waals surface area contributed by atoms with Crippen LogP contribution in [0.3, 0.4) is 0 Å². The highest BCUT2D eigenvalue weighted by molar-refractivity contribution is 7.98. The minimum atomic E-state index is 0.266. The van der Waals surface area contributed by atoms with Gasteiger partial charge in [0.1, 0.15) is 0 Å². The molecule has 2 amide bonds. The Hall–Kier alpha value is -0.750. The van der Waals surface area contributed by atoms with Crippen LogP contribution in [-0.4, -0.2) is 73.0 Å². The molecule has 0 aromatic heterocycles. The molecule has 0 aromatic carbocycles. The lowest BCUT2D eigenvalue weighted by atomic mass is 9.92. The standard InChI is InChI=1S/C16H28N2O3S/c1-22-13-6-16(20)17-7-4-14(5-8-17)2-3-15(19)18-9-11-21-12-10-18/h14H,2-13H2,1H3. The van der Waals surface area contributed by atoms with E-state index >= 15 is 0 Å². The second-order valence-electron chi connectivity index (χ2n) is 6.10. The first kappa shape index (κ1) is 17.6. The first-order chi connectivity index (χ1) is 10.7. The van der Waals surface area contributed by atoms with Gasteiger partial charge in [-0.25, -0.2) is 0 Å². The SMILES string of the molecule is CSCCC(=O)N1CCC(CCC(=O)N2CCOCC2)CC1. The average Bonchev–Trinajstić information content (AvgIpc) is 2.58. The molecule has 2 fully saturated rings. The summed E-state index contributed by atoms with van der Waals surface area (Å²) in [7, 11) is 0. The van der Waals surface area contributed by atoms with Gasteiger partial charge < -0.3 is 14.5 Å². The van der Waals surface area contributed by atoms with Crippen molar-refractivity contribution in [3.05, 3.63) is 0 Å². The molecule has 0 spiro atoms. The minimum Gasteiger partial charge on any atom is -0.378 e. The van der Waals surface area contributed by atoms with Gasteiger partial charge in [0.25, 0.3) is 0 Å². The Kier molecular flexibility index (Phi) is 7.52. The largest absolute Gasteiger partial charge is 0.378 e. The Morgan fingerprint density at radius 1 is 1.00 bits per heavy atom. The number of amides is 2. The predicted octanol–water partition coefficient (Wildman–Crippen LogP) is 1.62. The van der Waals surface area contributed by atoms with Crippen LogP contribution >= 0.6 is 11.8 Å². The summed E-state index contributed by atoms with van der Waals surface area (Å²) in [6.07, 6.45) is 6.38. The van der Waals surface area contributed by atoms with Crippen molar-refractivity contribution >= 4 is 23.6 Å². The highest BCUT2D eigenvalue weighted by Crippen LogP contribution is 2.23. The Labute approximate surface area is 137 Å². The van der Waals surface area contributed by atoms with E-state index in [1.165, 1.54) is 0 Å². The number of piperidine rings is 1. The second kappa shape index (κ2) is 9.40. The molecule has 126 valence electrons. The number of nitrogens with zero attached hydrogens (tertiary/aromatic N) is 2. The van der Waals surface area contributed by atoms with Crippen molar-refractivity contribution in [1.29, 1.82) is 0 Å². The number of rotatable bonds is 6. The number of carbonyl (C=O) groups excluding carboxylic acids is 2. The van der Waals surface area contributed by atoms with Gasteiger partial charge in [0.15, 0.2) is 0 Å². The predicted molar refractivity (Wildman–Crippen MR) is 88.9 cm³/mol. The molecular weight excluding hydrogens is 300 g/mol. The van der Waals surface area contributed by atoms with Gasteiger partial charge in [0.2, 0.25) is 11.8 Å². The average molecular weight is 328 g/mol. The van der Waals surface area contributed by atoms with Crippen LogP contribution in [0.25, 0.3) is 0 Å². The molecule has 2 heterocycles. The fourth-order valence-corrected chi connectivity index (χ4v) is 3.50. The molecule has 0 aliphatic carbocycles. The Bertz CT molecular complexity index is 364. The third-order valence-corrected chi connectivity index (χ3v) is 5.23. The van der Waals surface area contributed by atoms with Crippen LogP contribution in [0.15, 0.2) is 0 Å². The van der Waals surface area contributed by atoms with Gasteiger partial charge in [-0.15, -0.1) is 0 Å². The van der Waals surface area contributed by atoms with Crippen LogP contribution in [-0.2, 0) is 14.3 Å². The molecule has 22 heavy (non-hydrogen) atoms. The summed E-state index contributed by atoms with van der Waals surface area (Å²) in [5.41, 5.74) is 0. The lowest BCUT2D eigenvalue weighted by Gasteiger charge is -2.32. The molecule has 6 heteroatoms. The van der Waals surface area contributed by atoms with E-state index in [1.54, 1.807) is 11.8 Å². The van der Waals surface area contributed by atoms with Gasteiger partial charge in [-0.2, -0.15) is 11.8 Å². The van der Waals surface area contributed by atoms with E-state index in [9.17, 15) is 9.59 Å². The van der Waals surface area contributed by atoms with Crippen LogP contribution in [0.5, 0.6) is 0 Å². The summed E-state index contributed by atoms with van der Waals surface area (Å²) < 4.78 is 5.27. The van der Waals surface area contributed by atoms with Crippen LogP contribution in [0.1, 0.15) is 32.1 Å². The zero-order valence-electron chi connectivity index (χ0n) is 13.6. The van der Waals surface area contributed by atoms with Crippen LogP contribution in [0.4, 0.5) is 0 Å². The van der Waals surface area contributed by atoms with Crippen molar-refractivity contribution in [3.8, 4) is 0 Å². The molecule has 5 nitrogen and oxygen atoms in total. The number of likely N-dealkylation sites (tertiary alicyclic amines) is 1. The van der Waals surface area contributed by atoms with Crippen molar-refractivity contribution in [2.75, 3.05) is 51.4 Å². The van der Waals surface area contributed by atoms with Crippen molar-refractivity contribution in [3.63, 3.8) is 0 Å². The Balaban J connectivity index is 1.62. The van der Waals surface area contributed by atoms with Crippen molar-refractivity contribution in [2.24, 2.45) is 5.92 Å². The Morgan fingerprint density at radius 2 is 1.59 bits per heavy atom. The Morgan fingerprint density at radius 3 is 2.23 bits per heavy atom. The second-order valence-corrected chi connectivity index (χ2v) is 7.08. The maximum atomic E-state index is 12.1. The van der Waals surface area contributed by atoms with E-state index in [-0.39, 0.29) is 11.8 Å². The maximum absolute atomic E-state index is 12.1. The molecule has 0 N–H and O–H groups in total. The number of carbonyl (C=O) groups is 2. The lowest BCUT2D eigenvalue weighted by molar-refractivity contribution is -0.136. The molecule has 0 bridgehead atoms. The number of hydrogen-bond acceptors (Lipinski definition) is 4. The van der Waals surface area contributed by atoms with Gasteiger partial charge in [-0.3, -0.25) is 9.59 Å².